The average molecular weight is 315 g/mol. The van der Waals surface area contributed by atoms with E-state index < -0.39 is 0 Å². The number of nitrogens with one attached hydrogen (secondary N) is 2. The van der Waals surface area contributed by atoms with E-state index in [1.165, 1.54) is 0 Å². The van der Waals surface area contributed by atoms with Crippen LogP contribution >= 0.6 is 0 Å². The zero-order chi connectivity index (χ0) is 16.2. The van der Waals surface area contributed by atoms with Gasteiger partial charge in [0, 0.05) is 18.3 Å². The van der Waals surface area contributed by atoms with Crippen molar-refractivity contribution in [3.8, 4) is 0 Å². The molecule has 1 aliphatic carbocycles. The second-order valence-corrected chi connectivity index (χ2v) is 6.77. The lowest BCUT2D eigenvalue weighted by atomic mass is 9.97. The summed E-state index contributed by atoms with van der Waals surface area (Å²) in [5.41, 5.74) is 1.95. The summed E-state index contributed by atoms with van der Waals surface area (Å²) in [4.78, 5) is 26.5. The fourth-order valence-corrected chi connectivity index (χ4v) is 3.09. The highest BCUT2D eigenvalue weighted by molar-refractivity contribution is 5.92. The number of piperidine rings is 1. The normalized spacial score (nSPS) is 21.7. The van der Waals surface area contributed by atoms with Gasteiger partial charge in [-0.25, -0.2) is 0 Å². The molecule has 0 aromatic heterocycles. The topological polar surface area (TPSA) is 61.4 Å². The van der Waals surface area contributed by atoms with E-state index >= 15 is 0 Å². The summed E-state index contributed by atoms with van der Waals surface area (Å²) in [5, 5.41) is 6.01. The highest BCUT2D eigenvalue weighted by Gasteiger charge is 2.30. The Morgan fingerprint density at radius 2 is 2.09 bits per heavy atom. The molecule has 0 bridgehead atoms. The third kappa shape index (κ3) is 4.79. The quantitative estimate of drug-likeness (QED) is 0.873. The van der Waals surface area contributed by atoms with Crippen LogP contribution in [0.5, 0.6) is 0 Å². The number of carbonyl (C=O) groups is 2. The van der Waals surface area contributed by atoms with Crippen molar-refractivity contribution in [2.75, 3.05) is 25.0 Å². The Balaban J connectivity index is 1.48. The molecule has 1 aromatic rings. The molecular formula is C18H25N3O2. The third-order valence-electron chi connectivity index (χ3n) is 4.47. The smallest absolute Gasteiger partial charge is 0.238 e. The molecule has 124 valence electrons. The standard InChI is InChI=1S/C18H25N3O2/c1-13-4-2-6-16(10-13)19-17(22)12-21-9-3-5-14(11-21)18(23)20-15-7-8-15/h2,4,6,10,14-15H,3,5,7-9,11-12H2,1H3,(H,19,22)(H,20,23). The summed E-state index contributed by atoms with van der Waals surface area (Å²) >= 11 is 0. The zero-order valence-electron chi connectivity index (χ0n) is 13.7. The van der Waals surface area contributed by atoms with Crippen LogP contribution < -0.4 is 10.6 Å². The first-order valence-electron chi connectivity index (χ1n) is 8.49. The van der Waals surface area contributed by atoms with Crippen LogP contribution in [-0.4, -0.2) is 42.4 Å². The minimum absolute atomic E-state index is 0.0150. The molecule has 0 spiro atoms. The first kappa shape index (κ1) is 16.0. The molecule has 2 aliphatic rings. The summed E-state index contributed by atoms with van der Waals surface area (Å²) in [6.45, 7) is 3.92. The van der Waals surface area contributed by atoms with Crippen molar-refractivity contribution in [2.24, 2.45) is 5.92 Å². The predicted octanol–water partition coefficient (Wildman–Crippen LogP) is 1.92. The van der Waals surface area contributed by atoms with Crippen molar-refractivity contribution in [1.82, 2.24) is 10.2 Å². The molecule has 2 N–H and O–H groups in total. The van der Waals surface area contributed by atoms with Crippen LogP contribution in [0.1, 0.15) is 31.2 Å². The van der Waals surface area contributed by atoms with E-state index in [0.29, 0.717) is 19.1 Å². The molecule has 1 aliphatic heterocycles. The van der Waals surface area contributed by atoms with Gasteiger partial charge in [-0.2, -0.15) is 0 Å². The number of aryl methyl sites for hydroxylation is 1. The van der Waals surface area contributed by atoms with Crippen molar-refractivity contribution in [1.29, 1.82) is 0 Å². The molecular weight excluding hydrogens is 290 g/mol. The van der Waals surface area contributed by atoms with Crippen LogP contribution in [0.4, 0.5) is 5.69 Å². The average Bonchev–Trinajstić information content (AvgIpc) is 3.31. The number of nitrogens with zero attached hydrogens (tertiary/aromatic N) is 1. The Bertz CT molecular complexity index is 583. The lowest BCUT2D eigenvalue weighted by molar-refractivity contribution is -0.128. The van der Waals surface area contributed by atoms with Gasteiger partial charge in [0.2, 0.25) is 11.8 Å². The third-order valence-corrected chi connectivity index (χ3v) is 4.47. The van der Waals surface area contributed by atoms with E-state index in [2.05, 4.69) is 15.5 Å². The van der Waals surface area contributed by atoms with Gasteiger partial charge in [0.1, 0.15) is 0 Å². The number of rotatable bonds is 5. The minimum atomic E-state index is -0.0150. The summed E-state index contributed by atoms with van der Waals surface area (Å²) < 4.78 is 0. The lowest BCUT2D eigenvalue weighted by Gasteiger charge is -2.31. The summed E-state index contributed by atoms with van der Waals surface area (Å²) in [5.74, 6) is 0.172. The fourth-order valence-electron chi connectivity index (χ4n) is 3.09. The molecule has 1 aromatic carbocycles. The zero-order valence-corrected chi connectivity index (χ0v) is 13.7. The predicted molar refractivity (Wildman–Crippen MR) is 90.1 cm³/mol. The molecule has 23 heavy (non-hydrogen) atoms. The molecule has 1 saturated heterocycles. The maximum absolute atomic E-state index is 12.2. The molecule has 2 fully saturated rings. The van der Waals surface area contributed by atoms with Crippen molar-refractivity contribution >= 4 is 17.5 Å². The van der Waals surface area contributed by atoms with Crippen LogP contribution in [0.15, 0.2) is 24.3 Å². The number of amides is 2. The Hall–Kier alpha value is -1.88. The van der Waals surface area contributed by atoms with Crippen LogP contribution in [0, 0.1) is 12.8 Å². The molecule has 0 radical (unpaired) electrons. The second kappa shape index (κ2) is 7.13. The largest absolute Gasteiger partial charge is 0.353 e. The number of benzene rings is 1. The maximum Gasteiger partial charge on any atom is 0.238 e. The van der Waals surface area contributed by atoms with E-state index in [9.17, 15) is 9.59 Å². The van der Waals surface area contributed by atoms with E-state index in [-0.39, 0.29) is 17.7 Å². The van der Waals surface area contributed by atoms with Crippen molar-refractivity contribution in [3.63, 3.8) is 0 Å². The maximum atomic E-state index is 12.2. The SMILES string of the molecule is Cc1cccc(NC(=O)CN2CCCC(C(=O)NC3CC3)C2)c1. The highest BCUT2D eigenvalue weighted by atomic mass is 16.2. The molecule has 5 nitrogen and oxygen atoms in total. The van der Waals surface area contributed by atoms with Gasteiger partial charge in [-0.15, -0.1) is 0 Å². The second-order valence-electron chi connectivity index (χ2n) is 6.77. The molecule has 3 rings (SSSR count). The first-order valence-corrected chi connectivity index (χ1v) is 8.49. The van der Waals surface area contributed by atoms with E-state index in [1.807, 2.05) is 31.2 Å². The molecule has 1 heterocycles. The lowest BCUT2D eigenvalue weighted by Crippen LogP contribution is -2.45. The van der Waals surface area contributed by atoms with E-state index in [1.54, 1.807) is 0 Å². The van der Waals surface area contributed by atoms with Crippen LogP contribution in [-0.2, 0) is 9.59 Å². The highest BCUT2D eigenvalue weighted by Crippen LogP contribution is 2.22. The molecule has 1 saturated carbocycles. The van der Waals surface area contributed by atoms with Gasteiger partial charge < -0.3 is 10.6 Å². The van der Waals surface area contributed by atoms with Crippen LogP contribution in [0.3, 0.4) is 0 Å². The van der Waals surface area contributed by atoms with Gasteiger partial charge in [-0.1, -0.05) is 12.1 Å². The number of hydrogen-bond donors (Lipinski definition) is 2. The summed E-state index contributed by atoms with van der Waals surface area (Å²) in [6, 6.07) is 8.20. The Morgan fingerprint density at radius 3 is 2.83 bits per heavy atom. The Labute approximate surface area is 137 Å². The first-order chi connectivity index (χ1) is 11.1. The van der Waals surface area contributed by atoms with Gasteiger partial charge in [0.25, 0.3) is 0 Å². The number of hydrogen-bond acceptors (Lipinski definition) is 3. The number of carbonyl (C=O) groups excluding carboxylic acids is 2. The van der Waals surface area contributed by atoms with Gasteiger partial charge in [-0.3, -0.25) is 14.5 Å². The molecule has 1 unspecified atom stereocenters. The van der Waals surface area contributed by atoms with Crippen molar-refractivity contribution < 1.29 is 9.59 Å². The summed E-state index contributed by atoms with van der Waals surface area (Å²) in [6.07, 6.45) is 4.12. The van der Waals surface area contributed by atoms with Crippen LogP contribution in [0.25, 0.3) is 0 Å². The Morgan fingerprint density at radius 1 is 1.26 bits per heavy atom. The molecule has 5 heteroatoms. The van der Waals surface area contributed by atoms with E-state index in [4.69, 9.17) is 0 Å². The minimum Gasteiger partial charge on any atom is -0.353 e. The van der Waals surface area contributed by atoms with E-state index in [0.717, 1.165) is 43.5 Å². The number of likely N-dealkylation sites (tertiary alicyclic amines) is 1. The number of anilines is 1. The van der Waals surface area contributed by atoms with Gasteiger partial charge in [-0.05, 0) is 56.8 Å². The van der Waals surface area contributed by atoms with Crippen LogP contribution in [0.2, 0.25) is 0 Å². The fraction of sp³-hybridized carbons (Fsp3) is 0.556. The van der Waals surface area contributed by atoms with Crippen molar-refractivity contribution in [2.45, 2.75) is 38.6 Å². The van der Waals surface area contributed by atoms with Crippen molar-refractivity contribution in [3.05, 3.63) is 29.8 Å². The molecule has 1 atom stereocenters. The van der Waals surface area contributed by atoms with Gasteiger partial charge >= 0.3 is 0 Å². The van der Waals surface area contributed by atoms with Gasteiger partial charge in [0.05, 0.1) is 12.5 Å². The molecule has 2 amide bonds. The monoisotopic (exact) mass is 315 g/mol. The summed E-state index contributed by atoms with van der Waals surface area (Å²) in [7, 11) is 0. The Kier molecular flexibility index (Phi) is 4.96. The van der Waals surface area contributed by atoms with Gasteiger partial charge in [0.15, 0.2) is 0 Å².